The number of hydrogen-bond acceptors (Lipinski definition) is 6. The van der Waals surface area contributed by atoms with Gasteiger partial charge in [0.1, 0.15) is 5.69 Å². The molecule has 0 unspecified atom stereocenters. The van der Waals surface area contributed by atoms with Gasteiger partial charge in [-0.15, -0.1) is 11.3 Å². The molecule has 2 heterocycles. The predicted octanol–water partition coefficient (Wildman–Crippen LogP) is 3.00. The summed E-state index contributed by atoms with van der Waals surface area (Å²) in [5.41, 5.74) is 2.07. The van der Waals surface area contributed by atoms with Gasteiger partial charge in [-0.05, 0) is 32.9 Å². The van der Waals surface area contributed by atoms with Gasteiger partial charge < -0.3 is 15.2 Å². The van der Waals surface area contributed by atoms with Crippen LogP contribution in [-0.2, 0) is 10.3 Å². The number of benzene rings is 1. The fourth-order valence-corrected chi connectivity index (χ4v) is 3.17. The number of rotatable bonds is 5. The van der Waals surface area contributed by atoms with E-state index in [0.717, 1.165) is 5.56 Å². The lowest BCUT2D eigenvalue weighted by Gasteiger charge is -2.19. The highest BCUT2D eigenvalue weighted by Crippen LogP contribution is 2.25. The van der Waals surface area contributed by atoms with Gasteiger partial charge in [-0.3, -0.25) is 9.59 Å². The summed E-state index contributed by atoms with van der Waals surface area (Å²) in [6.45, 7) is 5.81. The van der Waals surface area contributed by atoms with E-state index in [1.165, 1.54) is 11.3 Å². The van der Waals surface area contributed by atoms with Crippen LogP contribution in [0.15, 0.2) is 42.2 Å². The minimum absolute atomic E-state index is 0.182. The molecule has 2 aromatic heterocycles. The number of hydrogen-bond donors (Lipinski definition) is 2. The molecule has 148 valence electrons. The van der Waals surface area contributed by atoms with Gasteiger partial charge in [0.05, 0.1) is 30.2 Å². The largest absolute Gasteiger partial charge is 0.342 e. The van der Waals surface area contributed by atoms with Crippen LogP contribution in [0.2, 0.25) is 0 Å². The highest BCUT2D eigenvalue weighted by atomic mass is 32.1. The van der Waals surface area contributed by atoms with Crippen molar-refractivity contribution in [1.82, 2.24) is 19.9 Å². The summed E-state index contributed by atoms with van der Waals surface area (Å²) in [4.78, 5) is 32.8. The molecule has 0 aliphatic carbocycles. The normalized spacial score (nSPS) is 11.0. The number of nitrogens with zero attached hydrogens (tertiary/aromatic N) is 4. The summed E-state index contributed by atoms with van der Waals surface area (Å²) in [6.07, 6.45) is 3.24. The first-order valence-electron chi connectivity index (χ1n) is 8.85. The van der Waals surface area contributed by atoms with Gasteiger partial charge in [0.15, 0.2) is 5.13 Å². The molecular weight excluding hydrogens is 388 g/mol. The van der Waals surface area contributed by atoms with Crippen molar-refractivity contribution in [3.63, 3.8) is 0 Å². The highest BCUT2D eigenvalue weighted by Gasteiger charge is 2.17. The summed E-state index contributed by atoms with van der Waals surface area (Å²) in [6, 6.07) is 9.16. The lowest BCUT2D eigenvalue weighted by molar-refractivity contribution is -0.115. The maximum absolute atomic E-state index is 12.2. The molecule has 0 spiro atoms. The molecule has 0 aliphatic rings. The first-order chi connectivity index (χ1) is 13.8. The maximum Gasteiger partial charge on any atom is 0.271 e. The van der Waals surface area contributed by atoms with Crippen LogP contribution in [0.25, 0.3) is 11.3 Å². The van der Waals surface area contributed by atoms with Crippen LogP contribution >= 0.6 is 11.3 Å². The molecule has 0 bridgehead atoms. The third-order valence-corrected chi connectivity index (χ3v) is 4.80. The Morgan fingerprint density at radius 1 is 1.31 bits per heavy atom. The Balaban J connectivity index is 1.56. The number of amides is 2. The number of nitriles is 1. The molecule has 2 amide bonds. The Hall–Kier alpha value is -3.51. The van der Waals surface area contributed by atoms with Crippen molar-refractivity contribution < 1.29 is 9.59 Å². The van der Waals surface area contributed by atoms with E-state index in [4.69, 9.17) is 5.26 Å². The molecule has 1 aromatic carbocycles. The predicted molar refractivity (Wildman–Crippen MR) is 110 cm³/mol. The number of nitrogens with one attached hydrogen (secondary N) is 2. The second kappa shape index (κ2) is 8.24. The van der Waals surface area contributed by atoms with E-state index in [0.29, 0.717) is 16.4 Å². The SMILES string of the molecule is CC(C)(C)n1cnc(C(=O)NCC(=O)Nc2nc(-c3cccc(C#N)c3)cs2)c1. The van der Waals surface area contributed by atoms with Crippen molar-refractivity contribution in [3.05, 3.63) is 53.4 Å². The molecule has 0 atom stereocenters. The zero-order valence-corrected chi connectivity index (χ0v) is 17.1. The van der Waals surface area contributed by atoms with Gasteiger partial charge in [-0.1, -0.05) is 12.1 Å². The topological polar surface area (TPSA) is 113 Å². The first-order valence-corrected chi connectivity index (χ1v) is 9.73. The van der Waals surface area contributed by atoms with E-state index >= 15 is 0 Å². The zero-order chi connectivity index (χ0) is 21.0. The molecule has 3 rings (SSSR count). The minimum Gasteiger partial charge on any atom is -0.342 e. The molecule has 2 N–H and O–H groups in total. The second-order valence-electron chi connectivity index (χ2n) is 7.30. The average molecular weight is 408 g/mol. The standard InChI is InChI=1S/C20H20N6O2S/c1-20(2,3)26-10-15(23-12-26)18(28)22-9-17(27)25-19-24-16(11-29-19)14-6-4-5-13(7-14)8-21/h4-7,10-12H,9H2,1-3H3,(H,22,28)(H,24,25,27). The summed E-state index contributed by atoms with van der Waals surface area (Å²) in [5.74, 6) is -0.809. The molecule has 0 saturated heterocycles. The van der Waals surface area contributed by atoms with Crippen molar-refractivity contribution in [2.75, 3.05) is 11.9 Å². The average Bonchev–Trinajstić information content (AvgIpc) is 3.36. The van der Waals surface area contributed by atoms with Gasteiger partial charge in [-0.25, -0.2) is 9.97 Å². The van der Waals surface area contributed by atoms with Gasteiger partial charge in [-0.2, -0.15) is 5.26 Å². The fraction of sp³-hybridized carbons (Fsp3) is 0.250. The Bertz CT molecular complexity index is 1090. The number of imidazole rings is 1. The van der Waals surface area contributed by atoms with Crippen LogP contribution in [0.4, 0.5) is 5.13 Å². The third kappa shape index (κ3) is 5.06. The maximum atomic E-state index is 12.2. The molecule has 3 aromatic rings. The van der Waals surface area contributed by atoms with Crippen molar-refractivity contribution in [2.24, 2.45) is 0 Å². The first kappa shape index (κ1) is 20.2. The molecule has 0 aliphatic heterocycles. The number of aromatic nitrogens is 3. The van der Waals surface area contributed by atoms with Crippen molar-refractivity contribution >= 4 is 28.3 Å². The van der Waals surface area contributed by atoms with Crippen LogP contribution in [0.3, 0.4) is 0 Å². The summed E-state index contributed by atoms with van der Waals surface area (Å²) >= 11 is 1.27. The second-order valence-corrected chi connectivity index (χ2v) is 8.16. The number of thiazole rings is 1. The van der Waals surface area contributed by atoms with Crippen molar-refractivity contribution in [1.29, 1.82) is 5.26 Å². The molecule has 9 heteroatoms. The Morgan fingerprint density at radius 2 is 2.10 bits per heavy atom. The van der Waals surface area contributed by atoms with Crippen molar-refractivity contribution in [2.45, 2.75) is 26.3 Å². The third-order valence-electron chi connectivity index (χ3n) is 4.04. The van der Waals surface area contributed by atoms with Crippen LogP contribution in [0.1, 0.15) is 36.8 Å². The van der Waals surface area contributed by atoms with Gasteiger partial charge >= 0.3 is 0 Å². The van der Waals surface area contributed by atoms with Crippen LogP contribution in [0.5, 0.6) is 0 Å². The molecular formula is C20H20N6O2S. The molecule has 0 saturated carbocycles. The summed E-state index contributed by atoms with van der Waals surface area (Å²) < 4.78 is 1.83. The fourth-order valence-electron chi connectivity index (χ4n) is 2.43. The van der Waals surface area contributed by atoms with Crippen LogP contribution in [0, 0.1) is 11.3 Å². The van der Waals surface area contributed by atoms with Gasteiger partial charge in [0, 0.05) is 22.7 Å². The minimum atomic E-state index is -0.420. The monoisotopic (exact) mass is 408 g/mol. The molecule has 0 radical (unpaired) electrons. The quantitative estimate of drug-likeness (QED) is 0.674. The van der Waals surface area contributed by atoms with E-state index in [1.807, 2.05) is 31.4 Å². The van der Waals surface area contributed by atoms with Crippen molar-refractivity contribution in [3.8, 4) is 17.3 Å². The lowest BCUT2D eigenvalue weighted by atomic mass is 10.1. The van der Waals surface area contributed by atoms with Gasteiger partial charge in [0.25, 0.3) is 5.91 Å². The smallest absolute Gasteiger partial charge is 0.271 e. The molecule has 8 nitrogen and oxygen atoms in total. The van der Waals surface area contributed by atoms with Crippen LogP contribution < -0.4 is 10.6 Å². The zero-order valence-electron chi connectivity index (χ0n) is 16.3. The molecule has 0 fully saturated rings. The van der Waals surface area contributed by atoms with E-state index in [9.17, 15) is 9.59 Å². The lowest BCUT2D eigenvalue weighted by Crippen LogP contribution is -2.33. The number of carbonyl (C=O) groups is 2. The van der Waals surface area contributed by atoms with Crippen LogP contribution in [-0.4, -0.2) is 32.9 Å². The summed E-state index contributed by atoms with van der Waals surface area (Å²) in [7, 11) is 0. The van der Waals surface area contributed by atoms with E-state index in [-0.39, 0.29) is 23.7 Å². The summed E-state index contributed by atoms with van der Waals surface area (Å²) in [5, 5.41) is 16.4. The Morgan fingerprint density at radius 3 is 2.79 bits per heavy atom. The van der Waals surface area contributed by atoms with E-state index in [2.05, 4.69) is 26.7 Å². The highest BCUT2D eigenvalue weighted by molar-refractivity contribution is 7.14. The van der Waals surface area contributed by atoms with E-state index < -0.39 is 5.91 Å². The number of carbonyl (C=O) groups excluding carboxylic acids is 2. The Labute approximate surface area is 172 Å². The number of anilines is 1. The Kier molecular flexibility index (Phi) is 5.75. The van der Waals surface area contributed by atoms with E-state index in [1.54, 1.807) is 36.1 Å². The molecule has 29 heavy (non-hydrogen) atoms. The van der Waals surface area contributed by atoms with Gasteiger partial charge in [0.2, 0.25) is 5.91 Å².